The van der Waals surface area contributed by atoms with Gasteiger partial charge in [-0.25, -0.2) is 4.79 Å². The Balaban J connectivity index is 5.48. The van der Waals surface area contributed by atoms with Crippen LogP contribution in [0.4, 0.5) is 0 Å². The van der Waals surface area contributed by atoms with Gasteiger partial charge in [0.25, 0.3) is 0 Å². The van der Waals surface area contributed by atoms with Gasteiger partial charge < -0.3 is 23.6 Å². The fraction of sp³-hybridized carbons (Fsp3) is 0.471. The highest BCUT2D eigenvalue weighted by Gasteiger charge is 2.20. The Hall–Kier alpha value is -1.97. The number of unbranched alkanes of at least 4 members (excludes halogenated alkanes) is 1. The first-order chi connectivity index (χ1) is 21.0. The van der Waals surface area contributed by atoms with Gasteiger partial charge in [0, 0.05) is 59.1 Å². The van der Waals surface area contributed by atoms with Crippen molar-refractivity contribution in [2.24, 2.45) is 5.92 Å². The van der Waals surface area contributed by atoms with E-state index in [2.05, 4.69) is 53.0 Å². The van der Waals surface area contributed by atoms with Crippen LogP contribution in [0.5, 0.6) is 0 Å². The van der Waals surface area contributed by atoms with Gasteiger partial charge in [0.15, 0.2) is 0 Å². The number of hydrogen-bond donors (Lipinski definition) is 1. The minimum atomic E-state index is -0.376. The predicted molar refractivity (Wildman–Crippen MR) is 193 cm³/mol. The fourth-order valence-electron chi connectivity index (χ4n) is 4.10. The molecular weight excluding hydrogens is 611 g/mol. The second-order valence-electron chi connectivity index (χ2n) is 10.8. The van der Waals surface area contributed by atoms with Gasteiger partial charge in [-0.3, -0.25) is 4.79 Å². The van der Waals surface area contributed by atoms with Crippen LogP contribution in [0.1, 0.15) is 73.1 Å². The Morgan fingerprint density at radius 1 is 0.886 bits per heavy atom. The zero-order valence-electron chi connectivity index (χ0n) is 27.1. The van der Waals surface area contributed by atoms with E-state index in [0.29, 0.717) is 6.42 Å². The third-order valence-electron chi connectivity index (χ3n) is 6.51. The summed E-state index contributed by atoms with van der Waals surface area (Å²) in [6, 6.07) is 0. The summed E-state index contributed by atoms with van der Waals surface area (Å²) < 4.78 is 21.9. The molecule has 0 heterocycles. The zero-order chi connectivity index (χ0) is 33.3. The van der Waals surface area contributed by atoms with E-state index >= 15 is 0 Å². The minimum Gasteiger partial charge on any atom is -0.458 e. The van der Waals surface area contributed by atoms with Crippen molar-refractivity contribution in [3.05, 3.63) is 96.8 Å². The second kappa shape index (κ2) is 26.3. The molecule has 0 aliphatic heterocycles. The van der Waals surface area contributed by atoms with Gasteiger partial charge in [-0.1, -0.05) is 66.2 Å². The smallest absolute Gasteiger partial charge is 0.330 e. The monoisotopic (exact) mass is 665 g/mol. The van der Waals surface area contributed by atoms with Crippen molar-refractivity contribution < 1.29 is 27.9 Å². The van der Waals surface area contributed by atoms with Crippen LogP contribution in [-0.4, -0.2) is 36.3 Å². The lowest BCUT2D eigenvalue weighted by Crippen LogP contribution is -2.24. The van der Waals surface area contributed by atoms with Crippen LogP contribution in [-0.2, 0) is 27.9 Å². The van der Waals surface area contributed by atoms with Gasteiger partial charge in [0.05, 0.1) is 12.2 Å². The first kappa shape index (κ1) is 42.0. The average Bonchev–Trinajstić information content (AvgIpc) is 2.97. The van der Waals surface area contributed by atoms with E-state index in [-0.39, 0.29) is 42.2 Å². The highest BCUT2D eigenvalue weighted by atomic mass is 31.0. The number of carbonyl (C=O) groups excluding carboxylic acids is 2. The first-order valence-corrected chi connectivity index (χ1v) is 16.2. The molecule has 0 aromatic heterocycles. The molecule has 10 heteroatoms. The number of carbonyl (C=O) groups is 2. The lowest BCUT2D eigenvalue weighted by Gasteiger charge is -2.22. The standard InChI is InChI=1S/C34H54NO6P3/c1-8-29(39-42)17-13-11-15-19-34(37)38-32(28(7)23-27(6)20-21-35-33(36)22-25(3)4)24-26(5)16-12-10-14-18-31(41-44)30(9-2)40-43/h8-10,12,15-16,19-23,28-32H,1-2,11,13-14,17-18,24,42-44H2,3-7H3,(H,35,36)/b12-10+,19-15+,21-20+,26-16+,27-23+/t28-,29+,30-,31-,32?/m1/s1. The molecule has 0 aromatic carbocycles. The van der Waals surface area contributed by atoms with E-state index in [1.165, 1.54) is 6.08 Å². The topological polar surface area (TPSA) is 83.1 Å². The number of allylic oxidation sites excluding steroid dienone is 7. The third-order valence-corrected chi connectivity index (χ3v) is 7.52. The molecule has 4 unspecified atom stereocenters. The highest BCUT2D eigenvalue weighted by molar-refractivity contribution is 7.10. The summed E-state index contributed by atoms with van der Waals surface area (Å²) >= 11 is 0. The number of hydrogen-bond acceptors (Lipinski definition) is 6. The molecule has 0 saturated heterocycles. The number of esters is 1. The number of amides is 1. The van der Waals surface area contributed by atoms with Crippen molar-refractivity contribution >= 4 is 40.3 Å². The normalized spacial score (nSPS) is 16.0. The molecule has 0 fully saturated rings. The predicted octanol–water partition coefficient (Wildman–Crippen LogP) is 8.37. The second-order valence-corrected chi connectivity index (χ2v) is 11.6. The van der Waals surface area contributed by atoms with Crippen molar-refractivity contribution in [3.63, 3.8) is 0 Å². The molecule has 7 nitrogen and oxygen atoms in total. The Bertz CT molecular complexity index is 1060. The van der Waals surface area contributed by atoms with Crippen LogP contribution in [0, 0.1) is 5.92 Å². The van der Waals surface area contributed by atoms with E-state index in [0.717, 1.165) is 48.8 Å². The summed E-state index contributed by atoms with van der Waals surface area (Å²) in [5.41, 5.74) is 2.95. The summed E-state index contributed by atoms with van der Waals surface area (Å²) in [6.07, 6.45) is 23.8. The summed E-state index contributed by atoms with van der Waals surface area (Å²) in [6.45, 7) is 17.3. The van der Waals surface area contributed by atoms with Gasteiger partial charge in [-0.15, -0.1) is 13.2 Å². The van der Waals surface area contributed by atoms with Crippen molar-refractivity contribution in [1.29, 1.82) is 0 Å². The maximum atomic E-state index is 12.8. The van der Waals surface area contributed by atoms with E-state index in [4.69, 9.17) is 18.3 Å². The molecule has 0 bridgehead atoms. The summed E-state index contributed by atoms with van der Waals surface area (Å²) in [5, 5.41) is 2.73. The molecule has 0 aliphatic carbocycles. The summed E-state index contributed by atoms with van der Waals surface area (Å²) in [7, 11) is 6.80. The van der Waals surface area contributed by atoms with Crippen LogP contribution in [0.3, 0.4) is 0 Å². The van der Waals surface area contributed by atoms with Crippen LogP contribution in [0.15, 0.2) is 96.8 Å². The largest absolute Gasteiger partial charge is 0.458 e. The molecule has 1 amide bonds. The van der Waals surface area contributed by atoms with Gasteiger partial charge in [0.2, 0.25) is 5.91 Å². The molecule has 1 N–H and O–H groups in total. The van der Waals surface area contributed by atoms with E-state index in [9.17, 15) is 9.59 Å². The molecule has 0 aliphatic rings. The van der Waals surface area contributed by atoms with Gasteiger partial charge in [-0.05, 0) is 65.9 Å². The Labute approximate surface area is 273 Å². The van der Waals surface area contributed by atoms with E-state index in [1.807, 2.05) is 65.0 Å². The Morgan fingerprint density at radius 3 is 2.20 bits per heavy atom. The minimum absolute atomic E-state index is 0.0204. The molecule has 0 saturated carbocycles. The van der Waals surface area contributed by atoms with E-state index < -0.39 is 0 Å². The summed E-state index contributed by atoms with van der Waals surface area (Å²) in [5.74, 6) is -0.626. The van der Waals surface area contributed by atoms with Crippen LogP contribution in [0.2, 0.25) is 0 Å². The van der Waals surface area contributed by atoms with Gasteiger partial charge in [0.1, 0.15) is 12.2 Å². The van der Waals surface area contributed by atoms with Crippen molar-refractivity contribution in [1.82, 2.24) is 5.32 Å². The molecule has 0 spiro atoms. The quantitative estimate of drug-likeness (QED) is 0.0295. The lowest BCUT2D eigenvalue weighted by atomic mass is 9.95. The molecule has 246 valence electrons. The Kier molecular flexibility index (Phi) is 25.1. The number of rotatable bonds is 23. The zero-order valence-corrected chi connectivity index (χ0v) is 30.5. The molecule has 8 atom stereocenters. The molecule has 44 heavy (non-hydrogen) atoms. The van der Waals surface area contributed by atoms with Crippen molar-refractivity contribution in [2.75, 3.05) is 0 Å². The fourth-order valence-corrected chi connectivity index (χ4v) is 4.92. The molecule has 0 radical (unpaired) electrons. The van der Waals surface area contributed by atoms with Gasteiger partial charge in [-0.2, -0.15) is 0 Å². The van der Waals surface area contributed by atoms with Crippen LogP contribution < -0.4 is 5.32 Å². The molecular formula is C34H54NO6P3. The number of ether oxygens (including phenoxy) is 1. The average molecular weight is 666 g/mol. The maximum Gasteiger partial charge on any atom is 0.330 e. The highest BCUT2D eigenvalue weighted by Crippen LogP contribution is 2.21. The SMILES string of the molecule is C=C[C@@H](CCC/C=C/C(=O)OC(C/C(C)=C/C=C/CC[C@@H](OP)[C@@H](C=C)OP)[C@H](C)/C=C(C)/C=C/NC(=O)C=C(C)C)OP. The number of nitrogens with one attached hydrogen (secondary N) is 1. The maximum absolute atomic E-state index is 12.8. The van der Waals surface area contributed by atoms with Gasteiger partial charge >= 0.3 is 5.97 Å². The van der Waals surface area contributed by atoms with E-state index in [1.54, 1.807) is 24.4 Å². The first-order valence-electron chi connectivity index (χ1n) is 14.8. The van der Waals surface area contributed by atoms with Crippen LogP contribution in [0.25, 0.3) is 0 Å². The molecule has 0 rings (SSSR count). The Morgan fingerprint density at radius 2 is 1.61 bits per heavy atom. The van der Waals surface area contributed by atoms with Crippen molar-refractivity contribution in [3.8, 4) is 0 Å². The van der Waals surface area contributed by atoms with Crippen LogP contribution >= 0.6 is 28.4 Å². The third kappa shape index (κ3) is 20.9. The molecule has 0 aromatic rings. The summed E-state index contributed by atoms with van der Waals surface area (Å²) in [4.78, 5) is 24.6. The lowest BCUT2D eigenvalue weighted by molar-refractivity contribution is -0.144. The van der Waals surface area contributed by atoms with Crippen molar-refractivity contribution in [2.45, 2.75) is 97.6 Å².